The predicted molar refractivity (Wildman–Crippen MR) is 115 cm³/mol. The maximum atomic E-state index is 13.3. The molecule has 0 atom stereocenters. The van der Waals surface area contributed by atoms with Gasteiger partial charge in [0.2, 0.25) is 0 Å². The van der Waals surface area contributed by atoms with Crippen molar-refractivity contribution in [2.24, 2.45) is 0 Å². The van der Waals surface area contributed by atoms with Crippen LogP contribution in [0.4, 0.5) is 4.39 Å². The van der Waals surface area contributed by atoms with Crippen molar-refractivity contribution in [1.29, 1.82) is 0 Å². The monoisotopic (exact) mass is 407 g/mol. The van der Waals surface area contributed by atoms with Crippen LogP contribution in [0.2, 0.25) is 0 Å². The van der Waals surface area contributed by atoms with E-state index in [0.717, 1.165) is 33.2 Å². The number of fused-ring (bicyclic) bond motifs is 2. The van der Waals surface area contributed by atoms with Crippen molar-refractivity contribution in [3.63, 3.8) is 0 Å². The average Bonchev–Trinajstić information content (AvgIpc) is 3.43. The number of hydrogen-bond acceptors (Lipinski definition) is 5. The zero-order valence-electron chi connectivity index (χ0n) is 16.0. The largest absolute Gasteiger partial charge is 0.336 e. The summed E-state index contributed by atoms with van der Waals surface area (Å²) in [6.45, 7) is 0. The second-order valence-electron chi connectivity index (χ2n) is 7.07. The van der Waals surface area contributed by atoms with Crippen LogP contribution in [0, 0.1) is 5.82 Å². The number of benzene rings is 2. The van der Waals surface area contributed by atoms with E-state index < -0.39 is 0 Å². The average molecular weight is 407 g/mol. The Hall–Kier alpha value is -4.46. The van der Waals surface area contributed by atoms with E-state index in [4.69, 9.17) is 4.98 Å². The zero-order valence-corrected chi connectivity index (χ0v) is 16.0. The van der Waals surface area contributed by atoms with E-state index in [1.165, 1.54) is 12.1 Å². The third-order valence-electron chi connectivity index (χ3n) is 5.16. The molecule has 148 valence electrons. The highest BCUT2D eigenvalue weighted by Crippen LogP contribution is 2.31. The Morgan fingerprint density at radius 2 is 1.65 bits per heavy atom. The van der Waals surface area contributed by atoms with Gasteiger partial charge in [-0.1, -0.05) is 6.07 Å². The molecule has 0 aliphatic rings. The molecule has 2 N–H and O–H groups in total. The third-order valence-corrected chi connectivity index (χ3v) is 5.16. The van der Waals surface area contributed by atoms with Gasteiger partial charge in [0.1, 0.15) is 17.0 Å². The first-order valence-electron chi connectivity index (χ1n) is 9.62. The fraction of sp³-hybridized carbons (Fsp3) is 0. The lowest BCUT2D eigenvalue weighted by molar-refractivity contribution is 0.628. The molecule has 0 radical (unpaired) electrons. The summed E-state index contributed by atoms with van der Waals surface area (Å²) in [5, 5.41) is 8.46. The molecule has 7 nitrogen and oxygen atoms in total. The molecule has 6 aromatic rings. The highest BCUT2D eigenvalue weighted by molar-refractivity contribution is 5.97. The molecule has 0 aliphatic carbocycles. The standard InChI is InChI=1S/C23H14FN7/c24-15-4-1-13(2-5-15)20-22-18(7-8-27-20)28-23(29-22)21-16-11-14(3-6-17(16)30-31-21)19-12-25-9-10-26-19/h1-12H,(H,28,29)(H,30,31). The summed E-state index contributed by atoms with van der Waals surface area (Å²) in [4.78, 5) is 21.1. The first kappa shape index (κ1) is 17.4. The maximum absolute atomic E-state index is 13.3. The van der Waals surface area contributed by atoms with Gasteiger partial charge in [0.25, 0.3) is 0 Å². The minimum atomic E-state index is -0.291. The minimum Gasteiger partial charge on any atom is -0.336 e. The van der Waals surface area contributed by atoms with Crippen LogP contribution in [0.1, 0.15) is 0 Å². The third kappa shape index (κ3) is 2.93. The molecule has 31 heavy (non-hydrogen) atoms. The summed E-state index contributed by atoms with van der Waals surface area (Å²) >= 11 is 0. The maximum Gasteiger partial charge on any atom is 0.159 e. The highest BCUT2D eigenvalue weighted by Gasteiger charge is 2.16. The smallest absolute Gasteiger partial charge is 0.159 e. The topological polar surface area (TPSA) is 96.0 Å². The number of nitrogens with zero attached hydrogens (tertiary/aromatic N) is 5. The van der Waals surface area contributed by atoms with E-state index in [-0.39, 0.29) is 5.82 Å². The van der Waals surface area contributed by atoms with Crippen LogP contribution in [0.15, 0.2) is 73.3 Å². The highest BCUT2D eigenvalue weighted by atomic mass is 19.1. The van der Waals surface area contributed by atoms with Crippen molar-refractivity contribution in [1.82, 2.24) is 35.1 Å². The molecule has 2 aromatic carbocycles. The van der Waals surface area contributed by atoms with Crippen LogP contribution >= 0.6 is 0 Å². The lowest BCUT2D eigenvalue weighted by Gasteiger charge is -2.01. The van der Waals surface area contributed by atoms with Crippen LogP contribution in [0.5, 0.6) is 0 Å². The fourth-order valence-electron chi connectivity index (χ4n) is 3.67. The lowest BCUT2D eigenvalue weighted by atomic mass is 10.1. The van der Waals surface area contributed by atoms with E-state index in [2.05, 4.69) is 30.1 Å². The first-order valence-corrected chi connectivity index (χ1v) is 9.62. The molecule has 0 bridgehead atoms. The Kier molecular flexibility index (Phi) is 3.82. The summed E-state index contributed by atoms with van der Waals surface area (Å²) in [6.07, 6.45) is 6.74. The van der Waals surface area contributed by atoms with Gasteiger partial charge in [-0.15, -0.1) is 0 Å². The number of rotatable bonds is 3. The van der Waals surface area contributed by atoms with Crippen molar-refractivity contribution in [2.45, 2.75) is 0 Å². The van der Waals surface area contributed by atoms with Gasteiger partial charge in [-0.3, -0.25) is 20.1 Å². The van der Waals surface area contributed by atoms with Crippen molar-refractivity contribution in [3.05, 3.63) is 79.1 Å². The molecular formula is C23H14FN7. The lowest BCUT2D eigenvalue weighted by Crippen LogP contribution is -1.86. The number of hydrogen-bond donors (Lipinski definition) is 2. The molecule has 0 saturated carbocycles. The SMILES string of the molecule is Fc1ccc(-c2nccc3[nH]c(-c4n[nH]c5ccc(-c6cnccn6)cc45)nc23)cc1. The molecule has 0 amide bonds. The van der Waals surface area contributed by atoms with Crippen molar-refractivity contribution < 1.29 is 4.39 Å². The van der Waals surface area contributed by atoms with Crippen molar-refractivity contribution in [2.75, 3.05) is 0 Å². The number of aromatic nitrogens is 7. The Labute approximate surface area is 175 Å². The number of nitrogens with one attached hydrogen (secondary N) is 2. The molecule has 6 rings (SSSR count). The number of imidazole rings is 1. The molecule has 8 heteroatoms. The minimum absolute atomic E-state index is 0.291. The summed E-state index contributed by atoms with van der Waals surface area (Å²) in [7, 11) is 0. The van der Waals surface area contributed by atoms with Crippen LogP contribution in [-0.4, -0.2) is 35.1 Å². The van der Waals surface area contributed by atoms with Crippen LogP contribution in [-0.2, 0) is 0 Å². The van der Waals surface area contributed by atoms with Gasteiger partial charge in [-0.25, -0.2) is 9.37 Å². The first-order chi connectivity index (χ1) is 15.3. The van der Waals surface area contributed by atoms with Gasteiger partial charge in [0, 0.05) is 35.1 Å². The van der Waals surface area contributed by atoms with Crippen LogP contribution in [0.3, 0.4) is 0 Å². The summed E-state index contributed by atoms with van der Waals surface area (Å²) in [5.74, 6) is 0.328. The Bertz CT molecular complexity index is 1540. The molecule has 4 heterocycles. The Morgan fingerprint density at radius 3 is 2.48 bits per heavy atom. The molecule has 0 fully saturated rings. The molecular weight excluding hydrogens is 393 g/mol. The van der Waals surface area contributed by atoms with E-state index in [0.29, 0.717) is 22.7 Å². The fourth-order valence-corrected chi connectivity index (χ4v) is 3.67. The van der Waals surface area contributed by atoms with Gasteiger partial charge < -0.3 is 4.98 Å². The normalized spacial score (nSPS) is 11.4. The second kappa shape index (κ2) is 6.81. The summed E-state index contributed by atoms with van der Waals surface area (Å²) in [5.41, 5.74) is 6.30. The summed E-state index contributed by atoms with van der Waals surface area (Å²) < 4.78 is 13.3. The number of halogens is 1. The van der Waals surface area contributed by atoms with Gasteiger partial charge in [-0.2, -0.15) is 5.10 Å². The van der Waals surface area contributed by atoms with Gasteiger partial charge in [-0.05, 0) is 42.5 Å². The Balaban J connectivity index is 1.51. The van der Waals surface area contributed by atoms with E-state index in [9.17, 15) is 4.39 Å². The number of aromatic amines is 2. The molecule has 0 saturated heterocycles. The van der Waals surface area contributed by atoms with Crippen molar-refractivity contribution in [3.8, 4) is 34.0 Å². The quantitative estimate of drug-likeness (QED) is 0.441. The van der Waals surface area contributed by atoms with Gasteiger partial charge in [0.05, 0.1) is 28.6 Å². The Morgan fingerprint density at radius 1 is 0.774 bits per heavy atom. The second-order valence-corrected chi connectivity index (χ2v) is 7.07. The number of H-pyrrole nitrogens is 2. The molecule has 0 spiro atoms. The molecule has 4 aromatic heterocycles. The number of pyridine rings is 1. The summed E-state index contributed by atoms with van der Waals surface area (Å²) in [6, 6.07) is 14.0. The van der Waals surface area contributed by atoms with Gasteiger partial charge in [0.15, 0.2) is 5.82 Å². The van der Waals surface area contributed by atoms with Crippen LogP contribution < -0.4 is 0 Å². The van der Waals surface area contributed by atoms with E-state index in [1.54, 1.807) is 36.9 Å². The molecule has 0 unspecified atom stereocenters. The van der Waals surface area contributed by atoms with E-state index >= 15 is 0 Å². The predicted octanol–water partition coefficient (Wildman–Crippen LogP) is 4.76. The zero-order chi connectivity index (χ0) is 20.8. The molecule has 0 aliphatic heterocycles. The van der Waals surface area contributed by atoms with E-state index in [1.807, 2.05) is 24.3 Å². The van der Waals surface area contributed by atoms with Crippen molar-refractivity contribution >= 4 is 21.9 Å². The van der Waals surface area contributed by atoms with Gasteiger partial charge >= 0.3 is 0 Å². The van der Waals surface area contributed by atoms with Crippen LogP contribution in [0.25, 0.3) is 56.0 Å².